The molecule has 1 aromatic rings. The summed E-state index contributed by atoms with van der Waals surface area (Å²) in [6.07, 6.45) is 2.82. The van der Waals surface area contributed by atoms with E-state index in [0.717, 1.165) is 6.42 Å². The topological polar surface area (TPSA) is 97.1 Å². The molecule has 0 aliphatic heterocycles. The molecule has 100 valence electrons. The Morgan fingerprint density at radius 1 is 1.56 bits per heavy atom. The molecule has 0 saturated carbocycles. The second-order valence-electron chi connectivity index (χ2n) is 4.24. The number of carbonyl (C=O) groups is 2. The molecule has 7 nitrogen and oxygen atoms in total. The van der Waals surface area contributed by atoms with Gasteiger partial charge in [-0.15, -0.1) is 5.10 Å². The number of carboxylic acid groups (broad SMARTS) is 1. The lowest BCUT2D eigenvalue weighted by molar-refractivity contribution is -0.121. The van der Waals surface area contributed by atoms with Crippen LogP contribution in [-0.2, 0) is 11.3 Å². The van der Waals surface area contributed by atoms with Gasteiger partial charge in [0.15, 0.2) is 5.69 Å². The third kappa shape index (κ3) is 4.52. The minimum atomic E-state index is -1.11. The van der Waals surface area contributed by atoms with Crippen LogP contribution in [0.2, 0.25) is 0 Å². The predicted molar refractivity (Wildman–Crippen MR) is 64.1 cm³/mol. The Labute approximate surface area is 105 Å². The Kier molecular flexibility index (Phi) is 5.29. The van der Waals surface area contributed by atoms with Gasteiger partial charge < -0.3 is 10.4 Å². The van der Waals surface area contributed by atoms with E-state index in [0.29, 0.717) is 25.4 Å². The van der Waals surface area contributed by atoms with E-state index in [-0.39, 0.29) is 11.6 Å². The highest BCUT2D eigenvalue weighted by Gasteiger charge is 2.09. The zero-order valence-corrected chi connectivity index (χ0v) is 10.6. The van der Waals surface area contributed by atoms with Crippen molar-refractivity contribution in [1.29, 1.82) is 0 Å². The Morgan fingerprint density at radius 3 is 2.83 bits per heavy atom. The summed E-state index contributed by atoms with van der Waals surface area (Å²) in [6.45, 7) is 4.89. The Balaban J connectivity index is 2.28. The fraction of sp³-hybridized carbons (Fsp3) is 0.636. The lowest BCUT2D eigenvalue weighted by Crippen LogP contribution is -2.28. The minimum absolute atomic E-state index is 0.00271. The largest absolute Gasteiger partial charge is 0.476 e. The number of carbonyl (C=O) groups excluding carboxylic acids is 1. The van der Waals surface area contributed by atoms with Gasteiger partial charge in [-0.25, -0.2) is 9.48 Å². The van der Waals surface area contributed by atoms with Crippen LogP contribution in [0.3, 0.4) is 0 Å². The second kappa shape index (κ2) is 6.73. The maximum absolute atomic E-state index is 11.5. The number of hydrogen-bond acceptors (Lipinski definition) is 4. The van der Waals surface area contributed by atoms with Crippen molar-refractivity contribution in [2.45, 2.75) is 33.2 Å². The van der Waals surface area contributed by atoms with Gasteiger partial charge >= 0.3 is 5.97 Å². The summed E-state index contributed by atoms with van der Waals surface area (Å²) >= 11 is 0. The van der Waals surface area contributed by atoms with Gasteiger partial charge in [-0.3, -0.25) is 4.79 Å². The van der Waals surface area contributed by atoms with Crippen molar-refractivity contribution in [2.24, 2.45) is 5.92 Å². The number of carboxylic acids is 1. The van der Waals surface area contributed by atoms with E-state index in [2.05, 4.69) is 15.6 Å². The highest BCUT2D eigenvalue weighted by atomic mass is 16.4. The average Bonchev–Trinajstić information content (AvgIpc) is 2.77. The van der Waals surface area contributed by atoms with Crippen molar-refractivity contribution in [2.75, 3.05) is 6.54 Å². The highest BCUT2D eigenvalue weighted by molar-refractivity contribution is 5.84. The van der Waals surface area contributed by atoms with Crippen molar-refractivity contribution in [3.63, 3.8) is 0 Å². The van der Waals surface area contributed by atoms with Crippen LogP contribution in [0.25, 0.3) is 0 Å². The third-order valence-corrected chi connectivity index (χ3v) is 2.65. The monoisotopic (exact) mass is 254 g/mol. The first-order valence-corrected chi connectivity index (χ1v) is 5.93. The summed E-state index contributed by atoms with van der Waals surface area (Å²) in [7, 11) is 0. The number of aromatic carboxylic acids is 1. The minimum Gasteiger partial charge on any atom is -0.476 e. The van der Waals surface area contributed by atoms with Gasteiger partial charge in [0.2, 0.25) is 5.91 Å². The molecule has 0 fully saturated rings. The molecule has 1 heterocycles. The standard InChI is InChI=1S/C11H18N4O3/c1-3-8(2)6-10(16)12-4-5-15-7-9(11(17)18)13-14-15/h7-8H,3-6H2,1-2H3,(H,12,16)(H,17,18). The molecule has 0 spiro atoms. The van der Waals surface area contributed by atoms with E-state index in [1.165, 1.54) is 10.9 Å². The zero-order valence-electron chi connectivity index (χ0n) is 10.6. The van der Waals surface area contributed by atoms with E-state index in [9.17, 15) is 9.59 Å². The Hall–Kier alpha value is -1.92. The van der Waals surface area contributed by atoms with E-state index < -0.39 is 5.97 Å². The highest BCUT2D eigenvalue weighted by Crippen LogP contribution is 2.05. The fourth-order valence-corrected chi connectivity index (χ4v) is 1.35. The smallest absolute Gasteiger partial charge is 0.358 e. The number of hydrogen-bond donors (Lipinski definition) is 2. The van der Waals surface area contributed by atoms with Crippen LogP contribution in [0.5, 0.6) is 0 Å². The number of rotatable bonds is 7. The van der Waals surface area contributed by atoms with Crippen LogP contribution in [-0.4, -0.2) is 38.5 Å². The molecule has 1 rings (SSSR count). The van der Waals surface area contributed by atoms with Crippen LogP contribution in [0, 0.1) is 5.92 Å². The summed E-state index contributed by atoms with van der Waals surface area (Å²) in [5, 5.41) is 18.5. The SMILES string of the molecule is CCC(C)CC(=O)NCCn1cc(C(=O)O)nn1. The first kappa shape index (κ1) is 14.1. The van der Waals surface area contributed by atoms with Crippen molar-refractivity contribution >= 4 is 11.9 Å². The molecule has 0 saturated heterocycles. The molecular formula is C11H18N4O3. The van der Waals surface area contributed by atoms with E-state index in [1.807, 2.05) is 13.8 Å². The van der Waals surface area contributed by atoms with Crippen molar-refractivity contribution in [1.82, 2.24) is 20.3 Å². The van der Waals surface area contributed by atoms with Crippen LogP contribution in [0.1, 0.15) is 37.2 Å². The number of amides is 1. The van der Waals surface area contributed by atoms with Gasteiger partial charge in [0.25, 0.3) is 0 Å². The second-order valence-corrected chi connectivity index (χ2v) is 4.24. The summed E-state index contributed by atoms with van der Waals surface area (Å²) in [4.78, 5) is 22.0. The average molecular weight is 254 g/mol. The zero-order chi connectivity index (χ0) is 13.5. The maximum Gasteiger partial charge on any atom is 0.358 e. The molecular weight excluding hydrogens is 236 g/mol. The van der Waals surface area contributed by atoms with Crippen molar-refractivity contribution in [3.8, 4) is 0 Å². The van der Waals surface area contributed by atoms with Crippen molar-refractivity contribution < 1.29 is 14.7 Å². The number of nitrogens with one attached hydrogen (secondary N) is 1. The molecule has 0 radical (unpaired) electrons. The number of nitrogens with zero attached hydrogens (tertiary/aromatic N) is 3. The van der Waals surface area contributed by atoms with Crippen LogP contribution in [0.4, 0.5) is 0 Å². The molecule has 1 unspecified atom stereocenters. The lowest BCUT2D eigenvalue weighted by Gasteiger charge is -2.08. The van der Waals surface area contributed by atoms with Gasteiger partial charge in [0.05, 0.1) is 12.7 Å². The quantitative estimate of drug-likeness (QED) is 0.739. The fourth-order valence-electron chi connectivity index (χ4n) is 1.35. The molecule has 0 aliphatic carbocycles. The predicted octanol–water partition coefficient (Wildman–Crippen LogP) is 0.529. The molecule has 1 aromatic heterocycles. The Bertz CT molecular complexity index is 416. The number of aromatic nitrogens is 3. The van der Waals surface area contributed by atoms with E-state index in [1.54, 1.807) is 0 Å². The van der Waals surface area contributed by atoms with E-state index >= 15 is 0 Å². The van der Waals surface area contributed by atoms with Gasteiger partial charge in [-0.05, 0) is 5.92 Å². The van der Waals surface area contributed by atoms with E-state index in [4.69, 9.17) is 5.11 Å². The van der Waals surface area contributed by atoms with Crippen molar-refractivity contribution in [3.05, 3.63) is 11.9 Å². The summed E-state index contributed by atoms with van der Waals surface area (Å²) in [5.41, 5.74) is -0.0964. The van der Waals surface area contributed by atoms with Gasteiger partial charge in [-0.1, -0.05) is 25.5 Å². The summed E-state index contributed by atoms with van der Waals surface area (Å²) in [5.74, 6) is -0.736. The molecule has 2 N–H and O–H groups in total. The molecule has 0 aromatic carbocycles. The van der Waals surface area contributed by atoms with Gasteiger partial charge in [0.1, 0.15) is 0 Å². The summed E-state index contributed by atoms with van der Waals surface area (Å²) in [6, 6.07) is 0. The van der Waals surface area contributed by atoms with Crippen LogP contribution < -0.4 is 5.32 Å². The molecule has 7 heteroatoms. The summed E-state index contributed by atoms with van der Waals surface area (Å²) < 4.78 is 1.40. The first-order chi connectivity index (χ1) is 8.52. The normalized spacial score (nSPS) is 12.1. The molecule has 1 amide bonds. The maximum atomic E-state index is 11.5. The van der Waals surface area contributed by atoms with Gasteiger partial charge in [0, 0.05) is 13.0 Å². The third-order valence-electron chi connectivity index (χ3n) is 2.65. The lowest BCUT2D eigenvalue weighted by atomic mass is 10.1. The van der Waals surface area contributed by atoms with Crippen LogP contribution in [0.15, 0.2) is 6.20 Å². The molecule has 18 heavy (non-hydrogen) atoms. The molecule has 1 atom stereocenters. The molecule has 0 aliphatic rings. The van der Waals surface area contributed by atoms with Crippen LogP contribution >= 0.6 is 0 Å². The first-order valence-electron chi connectivity index (χ1n) is 5.93. The van der Waals surface area contributed by atoms with Gasteiger partial charge in [-0.2, -0.15) is 0 Å². The Morgan fingerprint density at radius 2 is 2.28 bits per heavy atom. The molecule has 0 bridgehead atoms.